The molecular formula is C16H24N2O3S. The van der Waals surface area contributed by atoms with E-state index in [4.69, 9.17) is 5.73 Å². The lowest BCUT2D eigenvalue weighted by Crippen LogP contribution is -2.41. The van der Waals surface area contributed by atoms with Gasteiger partial charge in [0.15, 0.2) is 0 Å². The minimum absolute atomic E-state index is 0.208. The number of piperidine rings is 1. The van der Waals surface area contributed by atoms with E-state index in [1.54, 1.807) is 12.1 Å². The second kappa shape index (κ2) is 6.79. The van der Waals surface area contributed by atoms with Gasteiger partial charge >= 0.3 is 0 Å². The zero-order valence-electron chi connectivity index (χ0n) is 13.2. The van der Waals surface area contributed by atoms with Crippen LogP contribution in [0.4, 0.5) is 0 Å². The summed E-state index contributed by atoms with van der Waals surface area (Å²) in [6.07, 6.45) is 1.93. The minimum Gasteiger partial charge on any atom is -0.369 e. The van der Waals surface area contributed by atoms with Crippen molar-refractivity contribution in [1.82, 2.24) is 4.31 Å². The molecule has 1 aliphatic heterocycles. The number of rotatable bonds is 5. The summed E-state index contributed by atoms with van der Waals surface area (Å²) in [5.41, 5.74) is 6.42. The second-order valence-corrected chi connectivity index (χ2v) is 8.26. The van der Waals surface area contributed by atoms with Crippen molar-refractivity contribution in [1.29, 1.82) is 0 Å². The fraction of sp³-hybridized carbons (Fsp3) is 0.562. The molecule has 0 bridgehead atoms. The Morgan fingerprint density at radius 1 is 1.23 bits per heavy atom. The molecule has 0 atom stereocenters. The molecule has 2 rings (SSSR count). The molecule has 22 heavy (non-hydrogen) atoms. The Labute approximate surface area is 132 Å². The summed E-state index contributed by atoms with van der Waals surface area (Å²) in [7, 11) is -3.48. The highest BCUT2D eigenvalue weighted by molar-refractivity contribution is 7.89. The summed E-state index contributed by atoms with van der Waals surface area (Å²) in [5.74, 6) is -0.00904. The quantitative estimate of drug-likeness (QED) is 0.896. The molecule has 1 heterocycles. The maximum Gasteiger partial charge on any atom is 0.243 e. The number of hydrogen-bond acceptors (Lipinski definition) is 3. The number of nitrogens with two attached hydrogens (primary N) is 1. The third-order valence-corrected chi connectivity index (χ3v) is 5.97. The molecule has 0 unspecified atom stereocenters. The zero-order chi connectivity index (χ0) is 16.3. The molecule has 5 nitrogen and oxygen atoms in total. The lowest BCUT2D eigenvalue weighted by atomic mass is 9.98. The van der Waals surface area contributed by atoms with Gasteiger partial charge in [0.1, 0.15) is 0 Å². The number of primary amides is 1. The van der Waals surface area contributed by atoms with Gasteiger partial charge in [-0.1, -0.05) is 26.0 Å². The van der Waals surface area contributed by atoms with Crippen molar-refractivity contribution >= 4 is 15.9 Å². The van der Waals surface area contributed by atoms with Crippen molar-refractivity contribution in [2.75, 3.05) is 13.1 Å². The first-order valence-electron chi connectivity index (χ1n) is 7.69. The number of hydrogen-bond donors (Lipinski definition) is 1. The molecule has 2 N–H and O–H groups in total. The fourth-order valence-corrected chi connectivity index (χ4v) is 4.27. The Hall–Kier alpha value is -1.40. The summed E-state index contributed by atoms with van der Waals surface area (Å²) >= 11 is 0. The Kier molecular flexibility index (Phi) is 5.24. The molecule has 1 amide bonds. The predicted octanol–water partition coefficient (Wildman–Crippen LogP) is 1.77. The average Bonchev–Trinajstić information content (AvgIpc) is 2.47. The van der Waals surface area contributed by atoms with Gasteiger partial charge in [-0.3, -0.25) is 4.79 Å². The van der Waals surface area contributed by atoms with Crippen LogP contribution in [0, 0.1) is 11.8 Å². The molecule has 0 spiro atoms. The van der Waals surface area contributed by atoms with E-state index in [0.29, 0.717) is 36.7 Å². The highest BCUT2D eigenvalue weighted by atomic mass is 32.2. The van der Waals surface area contributed by atoms with Crippen LogP contribution < -0.4 is 5.73 Å². The fourth-order valence-electron chi connectivity index (χ4n) is 2.80. The van der Waals surface area contributed by atoms with Crippen LogP contribution in [0.25, 0.3) is 0 Å². The first-order valence-corrected chi connectivity index (χ1v) is 9.13. The number of carbonyl (C=O) groups is 1. The maximum absolute atomic E-state index is 12.6. The summed E-state index contributed by atoms with van der Waals surface area (Å²) in [5, 5.41) is 0. The van der Waals surface area contributed by atoms with Gasteiger partial charge in [0.05, 0.1) is 4.90 Å². The van der Waals surface area contributed by atoms with Crippen LogP contribution in [-0.2, 0) is 21.2 Å². The lowest BCUT2D eigenvalue weighted by molar-refractivity contribution is -0.122. The van der Waals surface area contributed by atoms with Crippen LogP contribution in [0.5, 0.6) is 0 Å². The molecule has 1 aromatic carbocycles. The standard InChI is InChI=1S/C16H24N2O3S/c1-12(2)11-13-3-5-15(6-4-13)22(20,21)18-9-7-14(8-10-18)16(17)19/h3-6,12,14H,7-11H2,1-2H3,(H2,17,19). The summed E-state index contributed by atoms with van der Waals surface area (Å²) < 4.78 is 26.7. The van der Waals surface area contributed by atoms with Crippen molar-refractivity contribution in [3.8, 4) is 0 Å². The third kappa shape index (κ3) is 3.87. The Morgan fingerprint density at radius 3 is 2.23 bits per heavy atom. The number of sulfonamides is 1. The molecule has 6 heteroatoms. The molecule has 0 aliphatic carbocycles. The van der Waals surface area contributed by atoms with Crippen LogP contribution >= 0.6 is 0 Å². The SMILES string of the molecule is CC(C)Cc1ccc(S(=O)(=O)N2CCC(C(N)=O)CC2)cc1. The Bertz CT molecular complexity index is 615. The number of nitrogens with zero attached hydrogens (tertiary/aromatic N) is 1. The third-order valence-electron chi connectivity index (χ3n) is 4.06. The van der Waals surface area contributed by atoms with Crippen molar-refractivity contribution < 1.29 is 13.2 Å². The largest absolute Gasteiger partial charge is 0.369 e. The van der Waals surface area contributed by atoms with Crippen LogP contribution in [0.3, 0.4) is 0 Å². The van der Waals surface area contributed by atoms with E-state index < -0.39 is 10.0 Å². The van der Waals surface area contributed by atoms with Gasteiger partial charge < -0.3 is 5.73 Å². The van der Waals surface area contributed by atoms with Crippen LogP contribution in [0.15, 0.2) is 29.2 Å². The van der Waals surface area contributed by atoms with Crippen molar-refractivity contribution in [2.45, 2.75) is 38.0 Å². The van der Waals surface area contributed by atoms with Crippen LogP contribution in [0.2, 0.25) is 0 Å². The first-order chi connectivity index (χ1) is 10.3. The molecule has 1 aromatic rings. The van der Waals surface area contributed by atoms with E-state index >= 15 is 0 Å². The van der Waals surface area contributed by atoms with Crippen LogP contribution in [0.1, 0.15) is 32.3 Å². The van der Waals surface area contributed by atoms with Gasteiger partial charge in [-0.15, -0.1) is 0 Å². The highest BCUT2D eigenvalue weighted by Crippen LogP contribution is 2.24. The Balaban J connectivity index is 2.09. The summed E-state index contributed by atoms with van der Waals surface area (Å²) in [4.78, 5) is 11.5. The highest BCUT2D eigenvalue weighted by Gasteiger charge is 2.31. The molecular weight excluding hydrogens is 300 g/mol. The number of benzene rings is 1. The van der Waals surface area contributed by atoms with E-state index in [1.807, 2.05) is 12.1 Å². The monoisotopic (exact) mass is 324 g/mol. The van der Waals surface area contributed by atoms with E-state index in [2.05, 4.69) is 13.8 Å². The van der Waals surface area contributed by atoms with Gasteiger partial charge in [-0.05, 0) is 42.9 Å². The van der Waals surface area contributed by atoms with Gasteiger partial charge in [0, 0.05) is 19.0 Å². The van der Waals surface area contributed by atoms with E-state index in [1.165, 1.54) is 4.31 Å². The van der Waals surface area contributed by atoms with Gasteiger partial charge in [-0.25, -0.2) is 8.42 Å². The normalized spacial score (nSPS) is 17.8. The molecule has 1 fully saturated rings. The van der Waals surface area contributed by atoms with E-state index in [0.717, 1.165) is 12.0 Å². The minimum atomic E-state index is -3.48. The second-order valence-electron chi connectivity index (χ2n) is 6.32. The molecule has 1 aliphatic rings. The number of carbonyl (C=O) groups excluding carboxylic acids is 1. The predicted molar refractivity (Wildman–Crippen MR) is 85.7 cm³/mol. The van der Waals surface area contributed by atoms with Crippen molar-refractivity contribution in [2.24, 2.45) is 17.6 Å². The van der Waals surface area contributed by atoms with Gasteiger partial charge in [0.2, 0.25) is 15.9 Å². The lowest BCUT2D eigenvalue weighted by Gasteiger charge is -2.29. The molecule has 0 radical (unpaired) electrons. The summed E-state index contributed by atoms with van der Waals surface area (Å²) in [6, 6.07) is 7.10. The summed E-state index contributed by atoms with van der Waals surface area (Å²) in [6.45, 7) is 4.97. The molecule has 122 valence electrons. The average molecular weight is 324 g/mol. The van der Waals surface area contributed by atoms with Crippen LogP contribution in [-0.4, -0.2) is 31.7 Å². The number of amides is 1. The van der Waals surface area contributed by atoms with Crippen molar-refractivity contribution in [3.63, 3.8) is 0 Å². The van der Waals surface area contributed by atoms with Gasteiger partial charge in [0.25, 0.3) is 0 Å². The molecule has 0 aromatic heterocycles. The van der Waals surface area contributed by atoms with E-state index in [-0.39, 0.29) is 11.8 Å². The van der Waals surface area contributed by atoms with Gasteiger partial charge in [-0.2, -0.15) is 4.31 Å². The Morgan fingerprint density at radius 2 is 1.77 bits per heavy atom. The van der Waals surface area contributed by atoms with Crippen molar-refractivity contribution in [3.05, 3.63) is 29.8 Å². The zero-order valence-corrected chi connectivity index (χ0v) is 14.0. The first kappa shape index (κ1) is 17.0. The smallest absolute Gasteiger partial charge is 0.243 e. The molecule has 1 saturated heterocycles. The molecule has 0 saturated carbocycles. The van der Waals surface area contributed by atoms with E-state index in [9.17, 15) is 13.2 Å². The maximum atomic E-state index is 12.6. The topological polar surface area (TPSA) is 80.5 Å².